The van der Waals surface area contributed by atoms with E-state index >= 15 is 0 Å². The molecule has 24 heavy (non-hydrogen) atoms. The van der Waals surface area contributed by atoms with Gasteiger partial charge < -0.3 is 9.15 Å². The summed E-state index contributed by atoms with van der Waals surface area (Å²) in [7, 11) is 1.60. The maximum absolute atomic E-state index is 12.4. The van der Waals surface area contributed by atoms with Crippen LogP contribution in [0.1, 0.15) is 10.4 Å². The van der Waals surface area contributed by atoms with Crippen molar-refractivity contribution in [1.29, 1.82) is 0 Å². The van der Waals surface area contributed by atoms with Gasteiger partial charge in [-0.15, -0.1) is 0 Å². The Balaban J connectivity index is 1.63. The lowest BCUT2D eigenvalue weighted by molar-refractivity contribution is 0.102. The molecule has 0 saturated heterocycles. The number of oxazole rings is 1. The number of anilines is 1. The van der Waals surface area contributed by atoms with Gasteiger partial charge in [0.15, 0.2) is 10.7 Å². The van der Waals surface area contributed by atoms with Crippen LogP contribution in [0.2, 0.25) is 0 Å². The Labute approximate surface area is 138 Å². The summed E-state index contributed by atoms with van der Waals surface area (Å²) in [6, 6.07) is 10.2. The summed E-state index contributed by atoms with van der Waals surface area (Å²) in [5.74, 6) is -0.133. The molecule has 8 heteroatoms. The molecule has 0 bridgehead atoms. The fraction of sp³-hybridized carbons (Fsp3) is 0.0625. The van der Waals surface area contributed by atoms with Gasteiger partial charge in [0.1, 0.15) is 5.75 Å². The number of hydrogen-bond donors (Lipinski definition) is 2. The highest BCUT2D eigenvalue weighted by atomic mass is 32.1. The number of methoxy groups -OCH3 is 1. The Morgan fingerprint density at radius 3 is 3.00 bits per heavy atom. The molecule has 0 spiro atoms. The largest absolute Gasteiger partial charge is 0.497 e. The molecule has 0 radical (unpaired) electrons. The Bertz CT molecular complexity index is 1130. The summed E-state index contributed by atoms with van der Waals surface area (Å²) in [5, 5.41) is 3.25. The highest BCUT2D eigenvalue weighted by Gasteiger charge is 2.12. The van der Waals surface area contributed by atoms with E-state index < -0.39 is 5.76 Å². The smallest absolute Gasteiger partial charge is 0.417 e. The Kier molecular flexibility index (Phi) is 3.31. The zero-order chi connectivity index (χ0) is 16.7. The number of nitrogens with one attached hydrogen (secondary N) is 2. The summed E-state index contributed by atoms with van der Waals surface area (Å²) < 4.78 is 11.0. The van der Waals surface area contributed by atoms with Crippen LogP contribution in [0.4, 0.5) is 5.13 Å². The molecule has 0 saturated carbocycles. The van der Waals surface area contributed by atoms with Crippen molar-refractivity contribution in [3.63, 3.8) is 0 Å². The lowest BCUT2D eigenvalue weighted by Crippen LogP contribution is -2.11. The van der Waals surface area contributed by atoms with Gasteiger partial charge >= 0.3 is 5.76 Å². The summed E-state index contributed by atoms with van der Waals surface area (Å²) in [6.07, 6.45) is 0. The number of carbonyl (C=O) groups is 1. The van der Waals surface area contributed by atoms with Gasteiger partial charge in [0, 0.05) is 5.56 Å². The third-order valence-corrected chi connectivity index (χ3v) is 4.43. The highest BCUT2D eigenvalue weighted by molar-refractivity contribution is 7.22. The zero-order valence-electron chi connectivity index (χ0n) is 12.5. The number of hydrogen-bond acceptors (Lipinski definition) is 6. The number of amides is 1. The minimum absolute atomic E-state index is 0.315. The molecule has 0 aliphatic carbocycles. The van der Waals surface area contributed by atoms with Gasteiger partial charge in [-0.2, -0.15) is 0 Å². The molecule has 2 heterocycles. The molecule has 0 atom stereocenters. The van der Waals surface area contributed by atoms with E-state index in [1.807, 2.05) is 18.2 Å². The summed E-state index contributed by atoms with van der Waals surface area (Å²) in [6.45, 7) is 0. The lowest BCUT2D eigenvalue weighted by atomic mass is 10.2. The number of H-pyrrole nitrogens is 1. The second kappa shape index (κ2) is 5.50. The summed E-state index contributed by atoms with van der Waals surface area (Å²) >= 11 is 1.36. The van der Waals surface area contributed by atoms with Crippen LogP contribution < -0.4 is 15.8 Å². The van der Waals surface area contributed by atoms with Crippen LogP contribution in [0.15, 0.2) is 45.6 Å². The molecular formula is C16H11N3O4S. The predicted molar refractivity (Wildman–Crippen MR) is 91.0 cm³/mol. The van der Waals surface area contributed by atoms with E-state index in [4.69, 9.17) is 9.15 Å². The number of ether oxygens (including phenoxy) is 1. The topological polar surface area (TPSA) is 97.2 Å². The van der Waals surface area contributed by atoms with Gasteiger partial charge in [-0.1, -0.05) is 11.3 Å². The van der Waals surface area contributed by atoms with Crippen LogP contribution in [0.25, 0.3) is 21.3 Å². The first-order valence-corrected chi connectivity index (χ1v) is 7.83. The number of fused-ring (bicyclic) bond motifs is 2. The predicted octanol–water partition coefficient (Wildman–Crippen LogP) is 2.99. The first kappa shape index (κ1) is 14.5. The average Bonchev–Trinajstić information content (AvgIpc) is 3.14. The fourth-order valence-corrected chi connectivity index (χ4v) is 3.24. The van der Waals surface area contributed by atoms with Gasteiger partial charge in [-0.05, 0) is 36.4 Å². The number of aromatic nitrogens is 2. The van der Waals surface area contributed by atoms with Gasteiger partial charge in [-0.25, -0.2) is 9.78 Å². The molecule has 120 valence electrons. The standard InChI is InChI=1S/C16H11N3O4S/c1-22-9-3-4-10-13(7-9)24-15(17-10)19-14(20)8-2-5-12-11(6-8)18-16(21)23-12/h2-7H,1H3,(H,18,21)(H,17,19,20). The molecule has 7 nitrogen and oxygen atoms in total. The van der Waals surface area contributed by atoms with Gasteiger partial charge in [-0.3, -0.25) is 15.1 Å². The van der Waals surface area contributed by atoms with E-state index in [1.165, 1.54) is 11.3 Å². The fourth-order valence-electron chi connectivity index (χ4n) is 2.35. The maximum atomic E-state index is 12.4. The third-order valence-electron chi connectivity index (χ3n) is 3.50. The molecule has 2 aromatic carbocycles. The second-order valence-electron chi connectivity index (χ2n) is 5.03. The van der Waals surface area contributed by atoms with Gasteiger partial charge in [0.25, 0.3) is 5.91 Å². The minimum atomic E-state index is -0.553. The van der Waals surface area contributed by atoms with Crippen LogP contribution in [0.5, 0.6) is 5.75 Å². The molecule has 1 amide bonds. The normalized spacial score (nSPS) is 11.0. The van der Waals surface area contributed by atoms with Crippen LogP contribution in [0, 0.1) is 0 Å². The van der Waals surface area contributed by atoms with Crippen LogP contribution in [-0.4, -0.2) is 23.0 Å². The molecule has 0 fully saturated rings. The SMILES string of the molecule is COc1ccc2nc(NC(=O)c3ccc4oc(=O)[nH]c4c3)sc2c1. The Hall–Kier alpha value is -3.13. The number of nitrogens with zero attached hydrogens (tertiary/aromatic N) is 1. The molecule has 0 aliphatic heterocycles. The monoisotopic (exact) mass is 341 g/mol. The lowest BCUT2D eigenvalue weighted by Gasteiger charge is -2.00. The van der Waals surface area contributed by atoms with Crippen molar-refractivity contribution in [1.82, 2.24) is 9.97 Å². The van der Waals surface area contributed by atoms with Gasteiger partial charge in [0.2, 0.25) is 0 Å². The van der Waals surface area contributed by atoms with Crippen molar-refractivity contribution in [3.05, 3.63) is 52.5 Å². The molecule has 2 aromatic heterocycles. The number of carbonyl (C=O) groups excluding carboxylic acids is 1. The molecule has 2 N–H and O–H groups in total. The van der Waals surface area contributed by atoms with E-state index in [1.54, 1.807) is 25.3 Å². The van der Waals surface area contributed by atoms with Crippen molar-refractivity contribution in [3.8, 4) is 5.75 Å². The Morgan fingerprint density at radius 2 is 2.17 bits per heavy atom. The van der Waals surface area contributed by atoms with Gasteiger partial charge in [0.05, 0.1) is 22.8 Å². The van der Waals surface area contributed by atoms with Crippen molar-refractivity contribution in [2.75, 3.05) is 12.4 Å². The maximum Gasteiger partial charge on any atom is 0.417 e. The Morgan fingerprint density at radius 1 is 1.29 bits per heavy atom. The van der Waals surface area contributed by atoms with E-state index in [-0.39, 0.29) is 5.91 Å². The highest BCUT2D eigenvalue weighted by Crippen LogP contribution is 2.29. The zero-order valence-corrected chi connectivity index (χ0v) is 13.3. The molecule has 0 aliphatic rings. The first-order chi connectivity index (χ1) is 11.6. The molecule has 4 rings (SSSR count). The molecule has 0 unspecified atom stereocenters. The third kappa shape index (κ3) is 2.52. The van der Waals surface area contributed by atoms with E-state index in [0.717, 1.165) is 16.0 Å². The first-order valence-electron chi connectivity index (χ1n) is 7.01. The van der Waals surface area contributed by atoms with Crippen molar-refractivity contribution >= 4 is 43.7 Å². The van der Waals surface area contributed by atoms with Crippen LogP contribution in [0.3, 0.4) is 0 Å². The van der Waals surface area contributed by atoms with E-state index in [9.17, 15) is 9.59 Å². The summed E-state index contributed by atoms with van der Waals surface area (Å²) in [4.78, 5) is 30.4. The number of thiazole rings is 1. The molecular weight excluding hydrogens is 330 g/mol. The quantitative estimate of drug-likeness (QED) is 0.597. The van der Waals surface area contributed by atoms with Crippen LogP contribution in [-0.2, 0) is 0 Å². The number of rotatable bonds is 3. The van der Waals surface area contributed by atoms with Crippen LogP contribution >= 0.6 is 11.3 Å². The van der Waals surface area contributed by atoms with Crippen molar-refractivity contribution in [2.24, 2.45) is 0 Å². The second-order valence-corrected chi connectivity index (χ2v) is 6.06. The van der Waals surface area contributed by atoms with E-state index in [0.29, 0.717) is 21.8 Å². The number of benzene rings is 2. The van der Waals surface area contributed by atoms with Crippen molar-refractivity contribution < 1.29 is 13.9 Å². The summed E-state index contributed by atoms with van der Waals surface area (Å²) in [5.41, 5.74) is 2.06. The molecule has 4 aromatic rings. The van der Waals surface area contributed by atoms with Crippen molar-refractivity contribution in [2.45, 2.75) is 0 Å². The minimum Gasteiger partial charge on any atom is -0.497 e. The van der Waals surface area contributed by atoms with E-state index in [2.05, 4.69) is 15.3 Å². The number of aromatic amines is 1. The average molecular weight is 341 g/mol.